The maximum atomic E-state index is 12.6. The van der Waals surface area contributed by atoms with Gasteiger partial charge in [0.1, 0.15) is 6.04 Å². The van der Waals surface area contributed by atoms with Crippen molar-refractivity contribution in [1.82, 2.24) is 5.32 Å². The molecule has 3 aromatic rings. The van der Waals surface area contributed by atoms with Crippen molar-refractivity contribution >= 4 is 23.5 Å². The number of amides is 1. The zero-order valence-corrected chi connectivity index (χ0v) is 15.1. The van der Waals surface area contributed by atoms with Crippen molar-refractivity contribution in [2.24, 2.45) is 0 Å². The fraction of sp³-hybridized carbons (Fsp3) is 0.0909. The monoisotopic (exact) mass is 379 g/mol. The molecule has 0 heterocycles. The molecule has 1 amide bonds. The molecule has 0 aliphatic rings. The molecule has 0 radical (unpaired) electrons. The Kier molecular flexibility index (Phi) is 5.89. The molecule has 0 saturated carbocycles. The standard InChI is InChI=1S/C22H18ClNO3/c23-18-13-11-17(12-14-18)21(25)24-20(22(26)27)19(15-7-3-1-4-8-15)16-9-5-2-6-10-16/h1-14,19-20H,(H,24,25)(H,26,27)/t20-/m0/s1. The van der Waals surface area contributed by atoms with Gasteiger partial charge >= 0.3 is 5.97 Å². The van der Waals surface area contributed by atoms with Gasteiger partial charge in [0.15, 0.2) is 0 Å². The lowest BCUT2D eigenvalue weighted by Crippen LogP contribution is -2.45. The average Bonchev–Trinajstić information content (AvgIpc) is 2.69. The molecule has 3 rings (SSSR count). The highest BCUT2D eigenvalue weighted by Crippen LogP contribution is 2.28. The number of halogens is 1. The smallest absolute Gasteiger partial charge is 0.327 e. The van der Waals surface area contributed by atoms with Gasteiger partial charge in [0, 0.05) is 16.5 Å². The fourth-order valence-corrected chi connectivity index (χ4v) is 3.14. The number of carboxylic acids is 1. The molecule has 0 aliphatic heterocycles. The zero-order chi connectivity index (χ0) is 19.2. The lowest BCUT2D eigenvalue weighted by Gasteiger charge is -2.26. The Morgan fingerprint density at radius 2 is 1.26 bits per heavy atom. The molecule has 2 N–H and O–H groups in total. The first kappa shape index (κ1) is 18.7. The van der Waals surface area contributed by atoms with Gasteiger partial charge in [-0.15, -0.1) is 0 Å². The lowest BCUT2D eigenvalue weighted by molar-refractivity contribution is -0.139. The maximum Gasteiger partial charge on any atom is 0.327 e. The van der Waals surface area contributed by atoms with Crippen LogP contribution in [0.1, 0.15) is 27.4 Å². The largest absolute Gasteiger partial charge is 0.480 e. The van der Waals surface area contributed by atoms with Crippen molar-refractivity contribution in [3.8, 4) is 0 Å². The molecule has 136 valence electrons. The van der Waals surface area contributed by atoms with Crippen molar-refractivity contribution < 1.29 is 14.7 Å². The lowest BCUT2D eigenvalue weighted by atomic mass is 9.85. The van der Waals surface area contributed by atoms with Gasteiger partial charge in [-0.2, -0.15) is 0 Å². The van der Waals surface area contributed by atoms with E-state index < -0.39 is 23.8 Å². The summed E-state index contributed by atoms with van der Waals surface area (Å²) in [5.74, 6) is -2.09. The Bertz CT molecular complexity index is 872. The van der Waals surface area contributed by atoms with Gasteiger partial charge < -0.3 is 10.4 Å². The van der Waals surface area contributed by atoms with Gasteiger partial charge in [0.25, 0.3) is 5.91 Å². The molecule has 0 aliphatic carbocycles. The van der Waals surface area contributed by atoms with Crippen LogP contribution in [-0.2, 0) is 4.79 Å². The summed E-state index contributed by atoms with van der Waals surface area (Å²) in [6.45, 7) is 0. The number of carbonyl (C=O) groups is 2. The van der Waals surface area contributed by atoms with Crippen LogP contribution in [0, 0.1) is 0 Å². The van der Waals surface area contributed by atoms with E-state index in [0.29, 0.717) is 10.6 Å². The summed E-state index contributed by atoms with van der Waals surface area (Å²) in [4.78, 5) is 24.7. The van der Waals surface area contributed by atoms with E-state index in [9.17, 15) is 14.7 Å². The number of carboxylic acid groups (broad SMARTS) is 1. The van der Waals surface area contributed by atoms with Crippen LogP contribution in [0.2, 0.25) is 5.02 Å². The van der Waals surface area contributed by atoms with Crippen LogP contribution >= 0.6 is 11.6 Å². The van der Waals surface area contributed by atoms with E-state index in [4.69, 9.17) is 11.6 Å². The van der Waals surface area contributed by atoms with E-state index in [-0.39, 0.29) is 0 Å². The van der Waals surface area contributed by atoms with Crippen LogP contribution in [0.4, 0.5) is 0 Å². The highest BCUT2D eigenvalue weighted by molar-refractivity contribution is 6.30. The van der Waals surface area contributed by atoms with Gasteiger partial charge in [0.2, 0.25) is 0 Å². The molecular weight excluding hydrogens is 362 g/mol. The van der Waals surface area contributed by atoms with Gasteiger partial charge in [-0.1, -0.05) is 72.3 Å². The predicted molar refractivity (Wildman–Crippen MR) is 105 cm³/mol. The Hall–Kier alpha value is -3.11. The predicted octanol–water partition coefficient (Wildman–Crippen LogP) is 4.36. The topological polar surface area (TPSA) is 66.4 Å². The number of rotatable bonds is 6. The van der Waals surface area contributed by atoms with Gasteiger partial charge in [0.05, 0.1) is 0 Å². The van der Waals surface area contributed by atoms with Gasteiger partial charge in [-0.3, -0.25) is 4.79 Å². The Balaban J connectivity index is 1.97. The second-order valence-electron chi connectivity index (χ2n) is 6.10. The van der Waals surface area contributed by atoms with Crippen molar-refractivity contribution in [3.63, 3.8) is 0 Å². The number of hydrogen-bond acceptors (Lipinski definition) is 2. The van der Waals surface area contributed by atoms with Crippen molar-refractivity contribution in [2.75, 3.05) is 0 Å². The van der Waals surface area contributed by atoms with E-state index >= 15 is 0 Å². The van der Waals surface area contributed by atoms with Crippen molar-refractivity contribution in [2.45, 2.75) is 12.0 Å². The molecule has 0 bridgehead atoms. The van der Waals surface area contributed by atoms with Crippen LogP contribution in [0.5, 0.6) is 0 Å². The minimum atomic E-state index is -1.13. The molecule has 27 heavy (non-hydrogen) atoms. The summed E-state index contributed by atoms with van der Waals surface area (Å²) < 4.78 is 0. The second kappa shape index (κ2) is 8.52. The molecule has 0 saturated heterocycles. The normalized spacial score (nSPS) is 11.8. The van der Waals surface area contributed by atoms with Crippen LogP contribution in [0.25, 0.3) is 0 Å². The molecule has 5 heteroatoms. The van der Waals surface area contributed by atoms with Crippen LogP contribution in [0.15, 0.2) is 84.9 Å². The zero-order valence-electron chi connectivity index (χ0n) is 14.4. The first-order chi connectivity index (χ1) is 13.1. The fourth-order valence-electron chi connectivity index (χ4n) is 3.01. The highest BCUT2D eigenvalue weighted by atomic mass is 35.5. The van der Waals surface area contributed by atoms with Gasteiger partial charge in [-0.05, 0) is 35.4 Å². The summed E-state index contributed by atoms with van der Waals surface area (Å²) in [6.07, 6.45) is 0. The number of aliphatic carboxylic acids is 1. The summed E-state index contributed by atoms with van der Waals surface area (Å²) >= 11 is 5.86. The summed E-state index contributed by atoms with van der Waals surface area (Å²) in [7, 11) is 0. The third kappa shape index (κ3) is 4.54. The SMILES string of the molecule is O=C(N[C@H](C(=O)O)C(c1ccccc1)c1ccccc1)c1ccc(Cl)cc1. The van der Waals surface area contributed by atoms with E-state index in [1.807, 2.05) is 60.7 Å². The molecule has 0 fully saturated rings. The van der Waals surface area contributed by atoms with E-state index in [0.717, 1.165) is 11.1 Å². The van der Waals surface area contributed by atoms with E-state index in [1.54, 1.807) is 24.3 Å². The Labute approximate surface area is 162 Å². The minimum Gasteiger partial charge on any atom is -0.480 e. The minimum absolute atomic E-state index is 0.352. The molecule has 0 unspecified atom stereocenters. The number of carbonyl (C=O) groups excluding carboxylic acids is 1. The summed E-state index contributed by atoms with van der Waals surface area (Å²) in [6, 6.07) is 23.8. The summed E-state index contributed by atoms with van der Waals surface area (Å²) in [5, 5.41) is 13.0. The van der Waals surface area contributed by atoms with Crippen molar-refractivity contribution in [3.05, 3.63) is 107 Å². The molecule has 4 nitrogen and oxygen atoms in total. The quantitative estimate of drug-likeness (QED) is 0.669. The summed E-state index contributed by atoms with van der Waals surface area (Å²) in [5.41, 5.74) is 1.98. The third-order valence-electron chi connectivity index (χ3n) is 4.31. The average molecular weight is 380 g/mol. The first-order valence-electron chi connectivity index (χ1n) is 8.45. The van der Waals surface area contributed by atoms with Gasteiger partial charge in [-0.25, -0.2) is 4.79 Å². The molecular formula is C22H18ClNO3. The molecule has 1 atom stereocenters. The van der Waals surface area contributed by atoms with Crippen molar-refractivity contribution in [1.29, 1.82) is 0 Å². The van der Waals surface area contributed by atoms with Crippen LogP contribution in [-0.4, -0.2) is 23.0 Å². The number of benzene rings is 3. The number of hydrogen-bond donors (Lipinski definition) is 2. The Morgan fingerprint density at radius 3 is 1.70 bits per heavy atom. The van der Waals surface area contributed by atoms with E-state index in [1.165, 1.54) is 0 Å². The Morgan fingerprint density at radius 1 is 0.778 bits per heavy atom. The molecule has 0 aromatic heterocycles. The number of nitrogens with one attached hydrogen (secondary N) is 1. The highest BCUT2D eigenvalue weighted by Gasteiger charge is 2.32. The first-order valence-corrected chi connectivity index (χ1v) is 8.83. The molecule has 0 spiro atoms. The van der Waals surface area contributed by atoms with E-state index in [2.05, 4.69) is 5.32 Å². The molecule has 3 aromatic carbocycles. The second-order valence-corrected chi connectivity index (χ2v) is 6.53. The van der Waals surface area contributed by atoms with Crippen LogP contribution in [0.3, 0.4) is 0 Å². The van der Waals surface area contributed by atoms with Crippen LogP contribution < -0.4 is 5.32 Å². The maximum absolute atomic E-state index is 12.6. The third-order valence-corrected chi connectivity index (χ3v) is 4.56.